The largest absolute Gasteiger partial charge is 0.493 e. The molecule has 3 aromatic rings. The Morgan fingerprint density at radius 3 is 2.38 bits per heavy atom. The number of nitrogens with one attached hydrogen (secondary N) is 1. The van der Waals surface area contributed by atoms with Gasteiger partial charge in [0, 0.05) is 12.1 Å². The zero-order valence-electron chi connectivity index (χ0n) is 19.0. The predicted molar refractivity (Wildman–Crippen MR) is 122 cm³/mol. The number of nitro groups is 2. The molecule has 0 radical (unpaired) electrons. The summed E-state index contributed by atoms with van der Waals surface area (Å²) in [7, 11) is 1.47. The Morgan fingerprint density at radius 2 is 1.79 bits per heavy atom. The first-order valence-corrected chi connectivity index (χ1v) is 10.2. The number of hydrogen-bond acceptors (Lipinski definition) is 8. The fraction of sp³-hybridized carbons (Fsp3) is 0.273. The number of ether oxygens (including phenoxy) is 2. The van der Waals surface area contributed by atoms with Crippen LogP contribution >= 0.6 is 0 Å². The minimum Gasteiger partial charge on any atom is -0.493 e. The van der Waals surface area contributed by atoms with Gasteiger partial charge in [-0.3, -0.25) is 29.7 Å². The monoisotopic (exact) mass is 469 g/mol. The summed E-state index contributed by atoms with van der Waals surface area (Å²) in [5.74, 6) is -0.167. The number of carbonyl (C=O) groups excluding carboxylic acids is 1. The van der Waals surface area contributed by atoms with Gasteiger partial charge in [0.2, 0.25) is 5.91 Å². The van der Waals surface area contributed by atoms with E-state index in [4.69, 9.17) is 9.47 Å². The number of para-hydroxylation sites is 2. The highest BCUT2D eigenvalue weighted by atomic mass is 16.6. The second-order valence-electron chi connectivity index (χ2n) is 7.57. The second-order valence-corrected chi connectivity index (χ2v) is 7.57. The summed E-state index contributed by atoms with van der Waals surface area (Å²) in [5, 5.41) is 29.4. The molecule has 1 N–H and O–H groups in total. The first-order valence-electron chi connectivity index (χ1n) is 10.2. The van der Waals surface area contributed by atoms with Gasteiger partial charge in [0.25, 0.3) is 5.69 Å². The van der Waals surface area contributed by atoms with Crippen LogP contribution in [0.25, 0.3) is 0 Å². The molecule has 178 valence electrons. The Labute approximate surface area is 194 Å². The van der Waals surface area contributed by atoms with Gasteiger partial charge in [-0.05, 0) is 26.0 Å². The minimum absolute atomic E-state index is 0.0891. The van der Waals surface area contributed by atoms with Crippen LogP contribution in [0.5, 0.6) is 17.2 Å². The van der Waals surface area contributed by atoms with Gasteiger partial charge in [0.1, 0.15) is 17.1 Å². The first-order chi connectivity index (χ1) is 16.1. The second kappa shape index (κ2) is 9.98. The van der Waals surface area contributed by atoms with Crippen molar-refractivity contribution < 1.29 is 24.1 Å². The summed E-state index contributed by atoms with van der Waals surface area (Å²) >= 11 is 0. The molecule has 0 saturated carbocycles. The van der Waals surface area contributed by atoms with Crippen molar-refractivity contribution in [2.24, 2.45) is 5.92 Å². The molecule has 12 heteroatoms. The molecule has 0 aliphatic carbocycles. The van der Waals surface area contributed by atoms with E-state index in [1.807, 2.05) is 0 Å². The Bertz CT molecular complexity index is 1250. The Kier molecular flexibility index (Phi) is 7.09. The maximum atomic E-state index is 12.8. The highest BCUT2D eigenvalue weighted by Crippen LogP contribution is 2.34. The molecular weight excluding hydrogens is 446 g/mol. The number of methoxy groups -OCH3 is 1. The Hall–Kier alpha value is -4.48. The first kappa shape index (κ1) is 24.2. The van der Waals surface area contributed by atoms with Gasteiger partial charge in [-0.2, -0.15) is 5.10 Å². The van der Waals surface area contributed by atoms with Crippen LogP contribution in [0.1, 0.15) is 18.3 Å². The lowest BCUT2D eigenvalue weighted by molar-refractivity contribution is -0.386. The van der Waals surface area contributed by atoms with Crippen LogP contribution < -0.4 is 14.8 Å². The summed E-state index contributed by atoms with van der Waals surface area (Å²) in [4.78, 5) is 34.3. The molecule has 1 aromatic heterocycles. The molecule has 1 amide bonds. The minimum atomic E-state index is -0.643. The molecule has 0 saturated heterocycles. The molecule has 0 bridgehead atoms. The van der Waals surface area contributed by atoms with Crippen LogP contribution in [0.4, 0.5) is 17.1 Å². The SMILES string of the molecule is COc1ccccc1Oc1cc(NC(=O)C(C)Cn2nc(C)c([N+](=O)[O-])c2C)cc([N+](=O)[O-])c1. The van der Waals surface area contributed by atoms with Crippen LogP contribution in [-0.2, 0) is 11.3 Å². The molecule has 1 heterocycles. The molecule has 12 nitrogen and oxygen atoms in total. The standard InChI is InChI=1S/C22H23N5O7/c1-13(12-25-15(3)21(27(31)32)14(2)24-25)22(28)23-16-9-17(26(29)30)11-18(10-16)34-20-8-6-5-7-19(20)33-4/h5-11,13H,12H2,1-4H3,(H,23,28). The van der Waals surface area contributed by atoms with Crippen LogP contribution in [-0.4, -0.2) is 32.6 Å². The topological polar surface area (TPSA) is 152 Å². The van der Waals surface area contributed by atoms with Crippen molar-refractivity contribution in [1.82, 2.24) is 9.78 Å². The number of aryl methyl sites for hydroxylation is 1. The van der Waals surface area contributed by atoms with Gasteiger partial charge in [0.05, 0.1) is 41.2 Å². The fourth-order valence-electron chi connectivity index (χ4n) is 3.39. The third-order valence-electron chi connectivity index (χ3n) is 5.09. The van der Waals surface area contributed by atoms with Gasteiger partial charge in [-0.25, -0.2) is 0 Å². The normalized spacial score (nSPS) is 11.5. The maximum absolute atomic E-state index is 12.8. The van der Waals surface area contributed by atoms with E-state index in [1.54, 1.807) is 38.1 Å². The van der Waals surface area contributed by atoms with Gasteiger partial charge < -0.3 is 14.8 Å². The maximum Gasteiger partial charge on any atom is 0.312 e. The zero-order chi connectivity index (χ0) is 25.0. The number of rotatable bonds is 9. The van der Waals surface area contributed by atoms with Crippen molar-refractivity contribution >= 4 is 23.0 Å². The summed E-state index contributed by atoms with van der Waals surface area (Å²) in [6.07, 6.45) is 0. The average Bonchev–Trinajstić information content (AvgIpc) is 3.06. The van der Waals surface area contributed by atoms with E-state index < -0.39 is 21.7 Å². The third-order valence-corrected chi connectivity index (χ3v) is 5.09. The number of amides is 1. The molecule has 34 heavy (non-hydrogen) atoms. The number of anilines is 1. The van der Waals surface area contributed by atoms with E-state index in [0.29, 0.717) is 17.2 Å². The van der Waals surface area contributed by atoms with Crippen molar-refractivity contribution in [2.45, 2.75) is 27.3 Å². The Morgan fingerprint density at radius 1 is 1.12 bits per heavy atom. The number of hydrogen-bond donors (Lipinski definition) is 1. The van der Waals surface area contributed by atoms with E-state index in [1.165, 1.54) is 36.9 Å². The molecule has 1 unspecified atom stereocenters. The molecule has 1 atom stereocenters. The van der Waals surface area contributed by atoms with Crippen LogP contribution in [0.15, 0.2) is 42.5 Å². The van der Waals surface area contributed by atoms with Gasteiger partial charge in [-0.15, -0.1) is 0 Å². The van der Waals surface area contributed by atoms with Crippen molar-refractivity contribution in [3.05, 3.63) is 74.1 Å². The molecule has 0 spiro atoms. The third kappa shape index (κ3) is 5.28. The highest BCUT2D eigenvalue weighted by molar-refractivity contribution is 5.92. The fourth-order valence-corrected chi connectivity index (χ4v) is 3.39. The zero-order valence-corrected chi connectivity index (χ0v) is 19.0. The quantitative estimate of drug-likeness (QED) is 0.358. The number of nitro benzene ring substituents is 1. The number of non-ortho nitro benzene ring substituents is 1. The van der Waals surface area contributed by atoms with E-state index in [2.05, 4.69) is 10.4 Å². The van der Waals surface area contributed by atoms with Crippen molar-refractivity contribution in [3.8, 4) is 17.2 Å². The molecule has 3 rings (SSSR count). The van der Waals surface area contributed by atoms with Crippen LogP contribution in [0.3, 0.4) is 0 Å². The van der Waals surface area contributed by atoms with Crippen LogP contribution in [0.2, 0.25) is 0 Å². The number of carbonyl (C=O) groups is 1. The lowest BCUT2D eigenvalue weighted by Crippen LogP contribution is -2.25. The summed E-state index contributed by atoms with van der Waals surface area (Å²) < 4.78 is 12.4. The smallest absolute Gasteiger partial charge is 0.312 e. The lowest BCUT2D eigenvalue weighted by atomic mass is 10.1. The van der Waals surface area contributed by atoms with Crippen molar-refractivity contribution in [3.63, 3.8) is 0 Å². The summed E-state index contributed by atoms with van der Waals surface area (Å²) in [6, 6.07) is 10.7. The molecule has 0 aliphatic rings. The number of benzene rings is 2. The predicted octanol–water partition coefficient (Wildman–Crippen LogP) is 4.39. The molecule has 0 fully saturated rings. The Balaban J connectivity index is 1.81. The van der Waals surface area contributed by atoms with Crippen LogP contribution in [0, 0.1) is 40.0 Å². The highest BCUT2D eigenvalue weighted by Gasteiger charge is 2.24. The average molecular weight is 469 g/mol. The van der Waals surface area contributed by atoms with Gasteiger partial charge in [-0.1, -0.05) is 19.1 Å². The van der Waals surface area contributed by atoms with E-state index in [0.717, 1.165) is 0 Å². The summed E-state index contributed by atoms with van der Waals surface area (Å²) in [5.41, 5.74) is 0.390. The lowest BCUT2D eigenvalue weighted by Gasteiger charge is -2.14. The molecular formula is C22H23N5O7. The van der Waals surface area contributed by atoms with Gasteiger partial charge >= 0.3 is 5.69 Å². The van der Waals surface area contributed by atoms with Crippen molar-refractivity contribution in [1.29, 1.82) is 0 Å². The number of nitrogens with zero attached hydrogens (tertiary/aromatic N) is 4. The van der Waals surface area contributed by atoms with Crippen molar-refractivity contribution in [2.75, 3.05) is 12.4 Å². The summed E-state index contributed by atoms with van der Waals surface area (Å²) in [6.45, 7) is 4.80. The molecule has 0 aliphatic heterocycles. The van der Waals surface area contributed by atoms with E-state index in [9.17, 15) is 25.0 Å². The van der Waals surface area contributed by atoms with E-state index >= 15 is 0 Å². The molecule has 2 aromatic carbocycles. The van der Waals surface area contributed by atoms with E-state index in [-0.39, 0.29) is 35.1 Å². The van der Waals surface area contributed by atoms with Gasteiger partial charge in [0.15, 0.2) is 11.5 Å². The number of aromatic nitrogens is 2.